The van der Waals surface area contributed by atoms with E-state index in [-0.39, 0.29) is 18.2 Å². The van der Waals surface area contributed by atoms with E-state index < -0.39 is 0 Å². The van der Waals surface area contributed by atoms with Gasteiger partial charge in [0.2, 0.25) is 0 Å². The maximum Gasteiger partial charge on any atom is 0.117 e. The number of nitrogens with two attached hydrogens (primary N) is 1. The van der Waals surface area contributed by atoms with Crippen LogP contribution in [0.25, 0.3) is 11.1 Å². The van der Waals surface area contributed by atoms with Gasteiger partial charge in [0.15, 0.2) is 0 Å². The van der Waals surface area contributed by atoms with Crippen molar-refractivity contribution in [2.75, 3.05) is 0 Å². The molecule has 0 amide bonds. The SMILES string of the molecule is Cl.N[C@@H]1C[C@H]1c1ccc(-c2cc(O)cc(Cl)c2)cc1. The van der Waals surface area contributed by atoms with Crippen LogP contribution in [-0.4, -0.2) is 11.1 Å². The first-order valence-electron chi connectivity index (χ1n) is 5.99. The molecule has 0 radical (unpaired) electrons. The van der Waals surface area contributed by atoms with Crippen LogP contribution in [0.5, 0.6) is 5.75 Å². The summed E-state index contributed by atoms with van der Waals surface area (Å²) in [6, 6.07) is 13.7. The van der Waals surface area contributed by atoms with Crippen molar-refractivity contribution in [2.24, 2.45) is 5.73 Å². The third-order valence-electron chi connectivity index (χ3n) is 3.39. The average Bonchev–Trinajstić information content (AvgIpc) is 3.05. The molecule has 0 saturated heterocycles. The van der Waals surface area contributed by atoms with Crippen LogP contribution in [0.3, 0.4) is 0 Å². The van der Waals surface area contributed by atoms with Gasteiger partial charge in [0.1, 0.15) is 5.75 Å². The molecular weight excluding hydrogens is 281 g/mol. The molecule has 1 aliphatic rings. The number of benzene rings is 2. The number of phenols is 1. The summed E-state index contributed by atoms with van der Waals surface area (Å²) in [6.45, 7) is 0. The predicted molar refractivity (Wildman–Crippen MR) is 81.1 cm³/mol. The zero-order valence-electron chi connectivity index (χ0n) is 10.2. The quantitative estimate of drug-likeness (QED) is 0.881. The summed E-state index contributed by atoms with van der Waals surface area (Å²) in [5.74, 6) is 0.706. The normalized spacial score (nSPS) is 20.7. The second-order valence-electron chi connectivity index (χ2n) is 4.83. The van der Waals surface area contributed by atoms with E-state index in [0.29, 0.717) is 17.0 Å². The Morgan fingerprint density at radius 2 is 1.68 bits per heavy atom. The summed E-state index contributed by atoms with van der Waals surface area (Å²) in [6.07, 6.45) is 1.08. The zero-order valence-corrected chi connectivity index (χ0v) is 11.8. The molecule has 0 heterocycles. The smallest absolute Gasteiger partial charge is 0.117 e. The van der Waals surface area contributed by atoms with E-state index in [9.17, 15) is 5.11 Å². The van der Waals surface area contributed by atoms with Gasteiger partial charge in [0.25, 0.3) is 0 Å². The maximum absolute atomic E-state index is 9.54. The molecular formula is C15H15Cl2NO. The average molecular weight is 296 g/mol. The molecule has 0 aromatic heterocycles. The van der Waals surface area contributed by atoms with E-state index in [1.807, 2.05) is 18.2 Å². The fraction of sp³-hybridized carbons (Fsp3) is 0.200. The number of halogens is 2. The van der Waals surface area contributed by atoms with Gasteiger partial charge in [-0.25, -0.2) is 0 Å². The van der Waals surface area contributed by atoms with Gasteiger partial charge in [0, 0.05) is 17.0 Å². The highest BCUT2D eigenvalue weighted by molar-refractivity contribution is 6.31. The first kappa shape index (κ1) is 14.2. The van der Waals surface area contributed by atoms with Crippen molar-refractivity contribution in [2.45, 2.75) is 18.4 Å². The lowest BCUT2D eigenvalue weighted by molar-refractivity contribution is 0.475. The maximum atomic E-state index is 9.54. The molecule has 3 rings (SSSR count). The van der Waals surface area contributed by atoms with Crippen LogP contribution in [0, 0.1) is 0 Å². The second kappa shape index (κ2) is 5.41. The Kier molecular flexibility index (Phi) is 4.04. The minimum absolute atomic E-state index is 0. The zero-order chi connectivity index (χ0) is 12.7. The molecule has 0 spiro atoms. The molecule has 0 aliphatic heterocycles. The Hall–Kier alpha value is -1.22. The third-order valence-corrected chi connectivity index (χ3v) is 3.61. The first-order chi connectivity index (χ1) is 8.63. The molecule has 0 unspecified atom stereocenters. The van der Waals surface area contributed by atoms with Crippen LogP contribution in [0.15, 0.2) is 42.5 Å². The highest BCUT2D eigenvalue weighted by Crippen LogP contribution is 2.39. The minimum Gasteiger partial charge on any atom is -0.508 e. The van der Waals surface area contributed by atoms with Crippen LogP contribution in [0.2, 0.25) is 5.02 Å². The largest absolute Gasteiger partial charge is 0.508 e. The van der Waals surface area contributed by atoms with Crippen molar-refractivity contribution < 1.29 is 5.11 Å². The van der Waals surface area contributed by atoms with Gasteiger partial charge in [-0.1, -0.05) is 35.9 Å². The Labute approximate surface area is 123 Å². The molecule has 1 saturated carbocycles. The van der Waals surface area contributed by atoms with Gasteiger partial charge < -0.3 is 10.8 Å². The highest BCUT2D eigenvalue weighted by Gasteiger charge is 2.34. The van der Waals surface area contributed by atoms with Crippen molar-refractivity contribution in [3.63, 3.8) is 0 Å². The van der Waals surface area contributed by atoms with Crippen molar-refractivity contribution in [3.05, 3.63) is 53.1 Å². The van der Waals surface area contributed by atoms with Crippen molar-refractivity contribution in [1.29, 1.82) is 0 Å². The van der Waals surface area contributed by atoms with Gasteiger partial charge >= 0.3 is 0 Å². The van der Waals surface area contributed by atoms with E-state index in [1.165, 1.54) is 11.6 Å². The Morgan fingerprint density at radius 1 is 1.05 bits per heavy atom. The molecule has 2 atom stereocenters. The molecule has 0 bridgehead atoms. The van der Waals surface area contributed by atoms with Crippen LogP contribution < -0.4 is 5.73 Å². The fourth-order valence-electron chi connectivity index (χ4n) is 2.26. The number of aromatic hydroxyl groups is 1. The van der Waals surface area contributed by atoms with Gasteiger partial charge in [-0.2, -0.15) is 0 Å². The van der Waals surface area contributed by atoms with Gasteiger partial charge in [0.05, 0.1) is 0 Å². The van der Waals surface area contributed by atoms with Gasteiger partial charge in [-0.3, -0.25) is 0 Å². The molecule has 1 fully saturated rings. The fourth-order valence-corrected chi connectivity index (χ4v) is 2.49. The van der Waals surface area contributed by atoms with Crippen molar-refractivity contribution >= 4 is 24.0 Å². The Morgan fingerprint density at radius 3 is 2.21 bits per heavy atom. The molecule has 2 nitrogen and oxygen atoms in total. The molecule has 19 heavy (non-hydrogen) atoms. The van der Waals surface area contributed by atoms with Crippen molar-refractivity contribution in [1.82, 2.24) is 0 Å². The van der Waals surface area contributed by atoms with Gasteiger partial charge in [-0.15, -0.1) is 12.4 Å². The number of hydrogen-bond donors (Lipinski definition) is 2. The lowest BCUT2D eigenvalue weighted by Gasteiger charge is -2.05. The van der Waals surface area contributed by atoms with E-state index >= 15 is 0 Å². The summed E-state index contributed by atoms with van der Waals surface area (Å²) < 4.78 is 0. The van der Waals surface area contributed by atoms with Crippen LogP contribution in [-0.2, 0) is 0 Å². The molecule has 4 heteroatoms. The summed E-state index contributed by atoms with van der Waals surface area (Å²) in [4.78, 5) is 0. The standard InChI is InChI=1S/C15H14ClNO.ClH/c16-12-5-11(6-13(18)7-12)9-1-3-10(4-2-9)14-8-15(14)17;/h1-7,14-15,18H,8,17H2;1H/t14-,15+;/m0./s1. The highest BCUT2D eigenvalue weighted by atomic mass is 35.5. The molecule has 2 aromatic rings. The van der Waals surface area contributed by atoms with E-state index in [0.717, 1.165) is 17.5 Å². The third kappa shape index (κ3) is 3.03. The summed E-state index contributed by atoms with van der Waals surface area (Å²) in [7, 11) is 0. The number of phenolic OH excluding ortho intramolecular Hbond substituents is 1. The molecule has 3 N–H and O–H groups in total. The molecule has 2 aromatic carbocycles. The van der Waals surface area contributed by atoms with E-state index in [2.05, 4.69) is 12.1 Å². The van der Waals surface area contributed by atoms with E-state index in [1.54, 1.807) is 6.07 Å². The number of hydrogen-bond acceptors (Lipinski definition) is 2. The lowest BCUT2D eigenvalue weighted by atomic mass is 10.0. The Balaban J connectivity index is 0.00000133. The van der Waals surface area contributed by atoms with Crippen LogP contribution >= 0.6 is 24.0 Å². The first-order valence-corrected chi connectivity index (χ1v) is 6.37. The summed E-state index contributed by atoms with van der Waals surface area (Å²) in [5, 5.41) is 10.1. The summed E-state index contributed by atoms with van der Waals surface area (Å²) >= 11 is 5.93. The number of rotatable bonds is 2. The van der Waals surface area contributed by atoms with Crippen molar-refractivity contribution in [3.8, 4) is 16.9 Å². The van der Waals surface area contributed by atoms with Gasteiger partial charge in [-0.05, 0) is 41.3 Å². The Bertz CT molecular complexity index is 563. The second-order valence-corrected chi connectivity index (χ2v) is 5.26. The molecule has 100 valence electrons. The lowest BCUT2D eigenvalue weighted by Crippen LogP contribution is -2.00. The predicted octanol–water partition coefficient (Wildman–Crippen LogP) is 3.95. The van der Waals surface area contributed by atoms with E-state index in [4.69, 9.17) is 17.3 Å². The topological polar surface area (TPSA) is 46.2 Å². The summed E-state index contributed by atoms with van der Waals surface area (Å²) in [5.41, 5.74) is 9.10. The minimum atomic E-state index is 0. The van der Waals surface area contributed by atoms with Crippen LogP contribution in [0.1, 0.15) is 17.9 Å². The monoisotopic (exact) mass is 295 g/mol. The van der Waals surface area contributed by atoms with Crippen LogP contribution in [0.4, 0.5) is 0 Å². The molecule has 1 aliphatic carbocycles.